The van der Waals surface area contributed by atoms with E-state index in [1.165, 1.54) is 6.07 Å². The van der Waals surface area contributed by atoms with Gasteiger partial charge in [-0.1, -0.05) is 45.4 Å². The van der Waals surface area contributed by atoms with Gasteiger partial charge in [-0.2, -0.15) is 4.39 Å². The fourth-order valence-corrected chi connectivity index (χ4v) is 6.07. The van der Waals surface area contributed by atoms with E-state index in [0.717, 1.165) is 6.29 Å². The number of nitrogens with one attached hydrogen (secondary N) is 1. The summed E-state index contributed by atoms with van der Waals surface area (Å²) in [6, 6.07) is 7.82. The van der Waals surface area contributed by atoms with Gasteiger partial charge < -0.3 is 19.7 Å². The number of anilines is 1. The van der Waals surface area contributed by atoms with Crippen molar-refractivity contribution in [3.05, 3.63) is 58.4 Å². The van der Waals surface area contributed by atoms with Crippen LogP contribution < -0.4 is 15.0 Å². The maximum Gasteiger partial charge on any atom is 0.270 e. The van der Waals surface area contributed by atoms with E-state index in [4.69, 9.17) is 22.9 Å². The van der Waals surface area contributed by atoms with Crippen molar-refractivity contribution in [3.63, 3.8) is 0 Å². The number of hydrogen-bond donors (Lipinski definition) is 1. The predicted molar refractivity (Wildman–Crippen MR) is 136 cm³/mol. The molecule has 0 radical (unpaired) electrons. The van der Waals surface area contributed by atoms with Gasteiger partial charge in [0, 0.05) is 35.9 Å². The molecule has 0 atom stereocenters. The minimum atomic E-state index is -0.694. The van der Waals surface area contributed by atoms with Crippen LogP contribution in [0.15, 0.2) is 30.3 Å². The first-order valence-corrected chi connectivity index (χ1v) is 12.4. The van der Waals surface area contributed by atoms with E-state index in [1.54, 1.807) is 24.3 Å². The molecular formula is C27H30ClFN4O3. The standard InChI is InChI=1S/C27H30ClFN4O3/c1-26(2)24(27(3,4)25(26)36-17-6-7-19(30-5)18(28)14-17)32-23(35)20-8-9-21(22(29)31-20)33-12-10-16(15-34)11-13-33/h6-9,14-16,24-25H,10-13H2,1-4H3,(H,32,35). The number of benzene rings is 1. The van der Waals surface area contributed by atoms with Crippen LogP contribution in [-0.2, 0) is 4.79 Å². The summed E-state index contributed by atoms with van der Waals surface area (Å²) < 4.78 is 21.1. The zero-order valence-corrected chi connectivity index (χ0v) is 21.6. The molecule has 1 aliphatic heterocycles. The summed E-state index contributed by atoms with van der Waals surface area (Å²) in [6.45, 7) is 16.3. The molecule has 2 aromatic rings. The molecule has 1 aliphatic carbocycles. The lowest BCUT2D eigenvalue weighted by molar-refractivity contribution is -0.164. The molecule has 2 aliphatic rings. The first-order chi connectivity index (χ1) is 17.0. The number of nitrogens with zero attached hydrogens (tertiary/aromatic N) is 3. The Morgan fingerprint density at radius 2 is 1.89 bits per heavy atom. The molecule has 36 heavy (non-hydrogen) atoms. The van der Waals surface area contributed by atoms with Gasteiger partial charge in [0.05, 0.1) is 17.3 Å². The van der Waals surface area contributed by atoms with Crippen molar-refractivity contribution in [2.24, 2.45) is 16.7 Å². The minimum absolute atomic E-state index is 0.0107. The second-order valence-electron chi connectivity index (χ2n) is 10.7. The Morgan fingerprint density at radius 1 is 1.22 bits per heavy atom. The molecule has 9 heteroatoms. The van der Waals surface area contributed by atoms with Crippen LogP contribution in [0, 0.1) is 29.3 Å². The van der Waals surface area contributed by atoms with Crippen LogP contribution in [0.1, 0.15) is 51.0 Å². The zero-order valence-electron chi connectivity index (χ0n) is 20.8. The Morgan fingerprint density at radius 3 is 2.44 bits per heavy atom. The van der Waals surface area contributed by atoms with Gasteiger partial charge in [-0.15, -0.1) is 0 Å². The molecular weight excluding hydrogens is 483 g/mol. The Hall–Kier alpha value is -3.18. The van der Waals surface area contributed by atoms with Gasteiger partial charge >= 0.3 is 0 Å². The number of carbonyl (C=O) groups is 2. The van der Waals surface area contributed by atoms with Gasteiger partial charge in [-0.3, -0.25) is 4.79 Å². The van der Waals surface area contributed by atoms with Crippen LogP contribution in [0.5, 0.6) is 5.75 Å². The summed E-state index contributed by atoms with van der Waals surface area (Å²) in [5.74, 6) is -0.575. The van der Waals surface area contributed by atoms with E-state index in [0.29, 0.717) is 48.1 Å². The van der Waals surface area contributed by atoms with Gasteiger partial charge in [-0.05, 0) is 37.1 Å². The molecule has 0 spiro atoms. The first-order valence-electron chi connectivity index (χ1n) is 12.0. The molecule has 1 saturated heterocycles. The highest BCUT2D eigenvalue weighted by Crippen LogP contribution is 2.55. The van der Waals surface area contributed by atoms with Crippen molar-refractivity contribution in [1.82, 2.24) is 10.3 Å². The van der Waals surface area contributed by atoms with E-state index >= 15 is 0 Å². The van der Waals surface area contributed by atoms with Gasteiger partial charge in [0.15, 0.2) is 0 Å². The van der Waals surface area contributed by atoms with Crippen molar-refractivity contribution >= 4 is 35.2 Å². The third-order valence-corrected chi connectivity index (χ3v) is 7.85. The fraction of sp³-hybridized carbons (Fsp3) is 0.481. The number of rotatable bonds is 6. The molecule has 2 fully saturated rings. The highest BCUT2D eigenvalue weighted by atomic mass is 35.5. The fourth-order valence-electron chi connectivity index (χ4n) is 5.86. The van der Waals surface area contributed by atoms with Gasteiger partial charge in [0.25, 0.3) is 5.91 Å². The maximum atomic E-state index is 14.9. The largest absolute Gasteiger partial charge is 0.489 e. The number of aromatic nitrogens is 1. The number of amides is 1. The Balaban J connectivity index is 1.44. The summed E-state index contributed by atoms with van der Waals surface area (Å²) in [6.07, 6.45) is 2.07. The normalized spacial score (nSPS) is 22.8. The molecule has 190 valence electrons. The van der Waals surface area contributed by atoms with Gasteiger partial charge in [0.2, 0.25) is 11.6 Å². The topological polar surface area (TPSA) is 75.9 Å². The molecule has 1 amide bonds. The molecule has 1 N–H and O–H groups in total. The number of pyridine rings is 1. The van der Waals surface area contributed by atoms with Gasteiger partial charge in [-0.25, -0.2) is 9.83 Å². The number of ether oxygens (including phenoxy) is 1. The Labute approximate surface area is 215 Å². The molecule has 1 aromatic heterocycles. The average molecular weight is 513 g/mol. The molecule has 4 rings (SSSR count). The zero-order chi connectivity index (χ0) is 26.3. The van der Waals surface area contributed by atoms with E-state index in [9.17, 15) is 14.0 Å². The lowest BCUT2D eigenvalue weighted by Crippen LogP contribution is -2.74. The van der Waals surface area contributed by atoms with Crippen LogP contribution in [0.25, 0.3) is 4.85 Å². The van der Waals surface area contributed by atoms with E-state index < -0.39 is 22.7 Å². The molecule has 0 bridgehead atoms. The summed E-state index contributed by atoms with van der Waals surface area (Å²) in [4.78, 5) is 33.2. The van der Waals surface area contributed by atoms with E-state index in [2.05, 4.69) is 15.1 Å². The van der Waals surface area contributed by atoms with Gasteiger partial charge in [0.1, 0.15) is 23.8 Å². The second-order valence-corrected chi connectivity index (χ2v) is 11.1. The Bertz CT molecular complexity index is 1200. The molecule has 2 heterocycles. The molecule has 0 unspecified atom stereocenters. The minimum Gasteiger partial charge on any atom is -0.489 e. The first kappa shape index (κ1) is 25.9. The summed E-state index contributed by atoms with van der Waals surface area (Å²) in [7, 11) is 0. The smallest absolute Gasteiger partial charge is 0.270 e. The maximum absolute atomic E-state index is 14.9. The van der Waals surface area contributed by atoms with Crippen molar-refractivity contribution < 1.29 is 18.7 Å². The number of piperidine rings is 1. The summed E-state index contributed by atoms with van der Waals surface area (Å²) in [5, 5.41) is 3.36. The lowest BCUT2D eigenvalue weighted by atomic mass is 9.49. The third kappa shape index (κ3) is 4.64. The van der Waals surface area contributed by atoms with Crippen LogP contribution in [0.4, 0.5) is 15.8 Å². The monoisotopic (exact) mass is 512 g/mol. The third-order valence-electron chi connectivity index (χ3n) is 7.54. The predicted octanol–water partition coefficient (Wildman–Crippen LogP) is 5.45. The second kappa shape index (κ2) is 9.70. The SMILES string of the molecule is [C-]#[N+]c1ccc(OC2C(C)(C)C(NC(=O)c3ccc(N4CCC(C=O)CC4)c(F)n3)C2(C)C)cc1Cl. The number of halogens is 2. The highest BCUT2D eigenvalue weighted by Gasteiger charge is 2.64. The van der Waals surface area contributed by atoms with E-state index in [-0.39, 0.29) is 23.8 Å². The van der Waals surface area contributed by atoms with E-state index in [1.807, 2.05) is 32.6 Å². The number of carbonyl (C=O) groups excluding carboxylic acids is 2. The van der Waals surface area contributed by atoms with Crippen LogP contribution in [-0.4, -0.2) is 42.4 Å². The van der Waals surface area contributed by atoms with Crippen molar-refractivity contribution in [1.29, 1.82) is 0 Å². The van der Waals surface area contributed by atoms with Crippen molar-refractivity contribution in [2.45, 2.75) is 52.7 Å². The van der Waals surface area contributed by atoms with Crippen LogP contribution >= 0.6 is 11.6 Å². The van der Waals surface area contributed by atoms with Crippen LogP contribution in [0.3, 0.4) is 0 Å². The molecule has 1 aromatic carbocycles. The van der Waals surface area contributed by atoms with Crippen molar-refractivity contribution in [2.75, 3.05) is 18.0 Å². The summed E-state index contributed by atoms with van der Waals surface area (Å²) >= 11 is 6.16. The van der Waals surface area contributed by atoms with Crippen LogP contribution in [0.2, 0.25) is 5.02 Å². The number of hydrogen-bond acceptors (Lipinski definition) is 5. The Kier molecular flexibility index (Phi) is 6.98. The average Bonchev–Trinajstić information content (AvgIpc) is 2.85. The number of aldehydes is 1. The van der Waals surface area contributed by atoms with Crippen molar-refractivity contribution in [3.8, 4) is 5.75 Å². The molecule has 7 nitrogen and oxygen atoms in total. The summed E-state index contributed by atoms with van der Waals surface area (Å²) in [5.41, 5.74) is -0.164. The quantitative estimate of drug-likeness (QED) is 0.316. The highest BCUT2D eigenvalue weighted by molar-refractivity contribution is 6.33. The lowest BCUT2D eigenvalue weighted by Gasteiger charge is -2.63. The molecule has 1 saturated carbocycles.